The van der Waals surface area contributed by atoms with E-state index in [-0.39, 0.29) is 5.56 Å². The lowest BCUT2D eigenvalue weighted by molar-refractivity contribution is -0.267. The molecule has 0 aromatic heterocycles. The average Bonchev–Trinajstić information content (AvgIpc) is 2.83. The van der Waals surface area contributed by atoms with Crippen LogP contribution in [0.25, 0.3) is 0 Å². The molecule has 0 aliphatic heterocycles. The molecule has 1 aromatic carbocycles. The van der Waals surface area contributed by atoms with Gasteiger partial charge < -0.3 is 15.5 Å². The summed E-state index contributed by atoms with van der Waals surface area (Å²) in [5, 5.41) is 22.1. The van der Waals surface area contributed by atoms with Crippen molar-refractivity contribution >= 4 is 5.91 Å². The van der Waals surface area contributed by atoms with Crippen LogP contribution < -0.4 is 5.32 Å². The van der Waals surface area contributed by atoms with Crippen LogP contribution in [0.5, 0.6) is 0 Å². The molecular formula is C15H18F3NO3. The topological polar surface area (TPSA) is 69.6 Å². The Bertz CT molecular complexity index is 521. The molecule has 1 amide bonds. The van der Waals surface area contributed by atoms with Crippen LogP contribution >= 0.6 is 0 Å². The quantitative estimate of drug-likeness (QED) is 0.794. The molecule has 1 saturated carbocycles. The van der Waals surface area contributed by atoms with Crippen molar-refractivity contribution in [2.75, 3.05) is 0 Å². The number of hydrogen-bond donors (Lipinski definition) is 3. The largest absolute Gasteiger partial charge is 0.421 e. The second-order valence-electron chi connectivity index (χ2n) is 5.57. The zero-order chi connectivity index (χ0) is 16.4. The highest BCUT2D eigenvalue weighted by Gasteiger charge is 2.56. The summed E-state index contributed by atoms with van der Waals surface area (Å²) in [7, 11) is 0. The first-order valence-corrected chi connectivity index (χ1v) is 7.06. The van der Waals surface area contributed by atoms with Gasteiger partial charge in [-0.2, -0.15) is 13.2 Å². The third kappa shape index (κ3) is 3.41. The number of hydrogen-bond acceptors (Lipinski definition) is 3. The van der Waals surface area contributed by atoms with Crippen LogP contribution in [0.1, 0.15) is 31.2 Å². The number of carbonyl (C=O) groups is 1. The number of benzene rings is 1. The molecule has 4 nitrogen and oxygen atoms in total. The van der Waals surface area contributed by atoms with Crippen LogP contribution in [-0.2, 0) is 10.4 Å². The first kappa shape index (κ1) is 16.8. The number of aliphatic hydroxyl groups is 2. The summed E-state index contributed by atoms with van der Waals surface area (Å²) in [5.74, 6) is -0.936. The van der Waals surface area contributed by atoms with Gasteiger partial charge in [0.2, 0.25) is 5.91 Å². The maximum Gasteiger partial charge on any atom is 0.421 e. The van der Waals surface area contributed by atoms with E-state index in [9.17, 15) is 28.2 Å². The zero-order valence-corrected chi connectivity index (χ0v) is 11.8. The summed E-state index contributed by atoms with van der Waals surface area (Å²) < 4.78 is 39.8. The van der Waals surface area contributed by atoms with Gasteiger partial charge in [-0.25, -0.2) is 0 Å². The van der Waals surface area contributed by atoms with Gasteiger partial charge >= 0.3 is 6.18 Å². The Morgan fingerprint density at radius 2 is 1.86 bits per heavy atom. The fourth-order valence-corrected chi connectivity index (χ4v) is 2.68. The third-order valence-corrected chi connectivity index (χ3v) is 3.96. The molecule has 7 heteroatoms. The van der Waals surface area contributed by atoms with Crippen molar-refractivity contribution in [2.45, 2.75) is 49.6 Å². The van der Waals surface area contributed by atoms with Crippen molar-refractivity contribution < 1.29 is 28.2 Å². The molecule has 0 heterocycles. The van der Waals surface area contributed by atoms with Gasteiger partial charge in [-0.1, -0.05) is 30.3 Å². The molecular weight excluding hydrogens is 299 g/mol. The van der Waals surface area contributed by atoms with Gasteiger partial charge in [0.1, 0.15) is 0 Å². The Labute approximate surface area is 126 Å². The van der Waals surface area contributed by atoms with Crippen LogP contribution in [0.3, 0.4) is 0 Å². The normalized spacial score (nSPS) is 24.8. The van der Waals surface area contributed by atoms with Gasteiger partial charge in [-0.05, 0) is 24.8 Å². The second-order valence-corrected chi connectivity index (χ2v) is 5.57. The molecule has 3 atom stereocenters. The van der Waals surface area contributed by atoms with E-state index in [1.54, 1.807) is 0 Å². The van der Waals surface area contributed by atoms with Gasteiger partial charge in [0.25, 0.3) is 0 Å². The molecule has 0 bridgehead atoms. The van der Waals surface area contributed by atoms with E-state index in [0.29, 0.717) is 19.3 Å². The molecule has 22 heavy (non-hydrogen) atoms. The van der Waals surface area contributed by atoms with Crippen LogP contribution in [0.15, 0.2) is 30.3 Å². The molecule has 0 spiro atoms. The summed E-state index contributed by atoms with van der Waals surface area (Å²) in [6.07, 6.45) is -5.15. The lowest BCUT2D eigenvalue weighted by Gasteiger charge is -2.31. The summed E-state index contributed by atoms with van der Waals surface area (Å²) in [6.45, 7) is 0. The highest BCUT2D eigenvalue weighted by Crippen LogP contribution is 2.41. The number of aliphatic hydroxyl groups excluding tert-OH is 1. The maximum atomic E-state index is 13.3. The Kier molecular flexibility index (Phi) is 4.77. The predicted molar refractivity (Wildman–Crippen MR) is 72.8 cm³/mol. The van der Waals surface area contributed by atoms with Gasteiger partial charge in [0.05, 0.1) is 18.6 Å². The first-order chi connectivity index (χ1) is 10.2. The SMILES string of the molecule is O=C(C[C@](O)(c1ccccc1)C(F)(F)F)N[C@@H]1CCC[C@@H]1O. The van der Waals surface area contributed by atoms with E-state index in [0.717, 1.165) is 12.1 Å². The molecule has 3 N–H and O–H groups in total. The smallest absolute Gasteiger partial charge is 0.391 e. The maximum absolute atomic E-state index is 13.3. The number of alkyl halides is 3. The summed E-state index contributed by atoms with van der Waals surface area (Å²) in [6, 6.07) is 5.96. The van der Waals surface area contributed by atoms with Gasteiger partial charge in [-0.3, -0.25) is 4.79 Å². The minimum Gasteiger partial charge on any atom is -0.391 e. The van der Waals surface area contributed by atoms with E-state index in [1.807, 2.05) is 0 Å². The van der Waals surface area contributed by atoms with Crippen molar-refractivity contribution in [1.82, 2.24) is 5.32 Å². The van der Waals surface area contributed by atoms with E-state index in [4.69, 9.17) is 0 Å². The summed E-state index contributed by atoms with van der Waals surface area (Å²) in [5.41, 5.74) is -3.63. The molecule has 0 unspecified atom stereocenters. The number of halogens is 3. The van der Waals surface area contributed by atoms with Crippen molar-refractivity contribution in [3.63, 3.8) is 0 Å². The van der Waals surface area contributed by atoms with Crippen molar-refractivity contribution in [2.24, 2.45) is 0 Å². The first-order valence-electron chi connectivity index (χ1n) is 7.06. The molecule has 2 rings (SSSR count). The summed E-state index contributed by atoms with van der Waals surface area (Å²) >= 11 is 0. The van der Waals surface area contributed by atoms with Crippen LogP contribution in [0.4, 0.5) is 13.2 Å². The highest BCUT2D eigenvalue weighted by atomic mass is 19.4. The summed E-state index contributed by atoms with van der Waals surface area (Å²) in [4.78, 5) is 11.9. The molecule has 0 saturated heterocycles. The third-order valence-electron chi connectivity index (χ3n) is 3.96. The van der Waals surface area contributed by atoms with Crippen LogP contribution in [-0.4, -0.2) is 34.4 Å². The molecule has 1 aromatic rings. The standard InChI is InChI=1S/C15H18F3NO3/c16-15(17,18)14(22,10-5-2-1-3-6-10)9-13(21)19-11-7-4-8-12(11)20/h1-3,5-6,11-12,20,22H,4,7-9H2,(H,19,21)/t11-,12+,14+/m1/s1. The van der Waals surface area contributed by atoms with E-state index < -0.39 is 36.3 Å². The lowest BCUT2D eigenvalue weighted by atomic mass is 9.89. The monoisotopic (exact) mass is 317 g/mol. The Balaban J connectivity index is 2.15. The van der Waals surface area contributed by atoms with Gasteiger partial charge in [-0.15, -0.1) is 0 Å². The fourth-order valence-electron chi connectivity index (χ4n) is 2.68. The van der Waals surface area contributed by atoms with Crippen molar-refractivity contribution in [3.8, 4) is 0 Å². The van der Waals surface area contributed by atoms with Crippen LogP contribution in [0, 0.1) is 0 Å². The molecule has 1 aliphatic carbocycles. The fraction of sp³-hybridized carbons (Fsp3) is 0.533. The molecule has 0 radical (unpaired) electrons. The van der Waals surface area contributed by atoms with E-state index in [1.165, 1.54) is 18.2 Å². The Morgan fingerprint density at radius 1 is 1.23 bits per heavy atom. The van der Waals surface area contributed by atoms with E-state index >= 15 is 0 Å². The molecule has 1 aliphatic rings. The highest BCUT2D eigenvalue weighted by molar-refractivity contribution is 5.78. The van der Waals surface area contributed by atoms with E-state index in [2.05, 4.69) is 5.32 Å². The van der Waals surface area contributed by atoms with Gasteiger partial charge in [0.15, 0.2) is 5.60 Å². The minimum atomic E-state index is -4.99. The molecule has 122 valence electrons. The number of nitrogens with one attached hydrogen (secondary N) is 1. The van der Waals surface area contributed by atoms with Crippen LogP contribution in [0.2, 0.25) is 0 Å². The number of rotatable bonds is 4. The Hall–Kier alpha value is -1.60. The average molecular weight is 317 g/mol. The number of amides is 1. The van der Waals surface area contributed by atoms with Crippen molar-refractivity contribution in [1.29, 1.82) is 0 Å². The zero-order valence-electron chi connectivity index (χ0n) is 11.8. The lowest BCUT2D eigenvalue weighted by Crippen LogP contribution is -2.48. The molecule has 1 fully saturated rings. The van der Waals surface area contributed by atoms with Crippen molar-refractivity contribution in [3.05, 3.63) is 35.9 Å². The van der Waals surface area contributed by atoms with Gasteiger partial charge in [0, 0.05) is 0 Å². The second kappa shape index (κ2) is 6.26. The Morgan fingerprint density at radius 3 is 2.36 bits per heavy atom. The minimum absolute atomic E-state index is 0.385. The predicted octanol–water partition coefficient (Wildman–Crippen LogP) is 1.86. The number of carbonyl (C=O) groups excluding carboxylic acids is 1.